The van der Waals surface area contributed by atoms with E-state index in [2.05, 4.69) is 15.3 Å². The summed E-state index contributed by atoms with van der Waals surface area (Å²) in [5.41, 5.74) is 5.50. The number of nitrogen functional groups attached to an aromatic ring is 1. The Labute approximate surface area is 94.2 Å². The molecule has 16 heavy (non-hydrogen) atoms. The summed E-state index contributed by atoms with van der Waals surface area (Å²) in [6, 6.07) is 0. The van der Waals surface area contributed by atoms with Crippen molar-refractivity contribution < 1.29 is 9.53 Å². The molecule has 1 aromatic heterocycles. The molecule has 0 saturated carbocycles. The highest BCUT2D eigenvalue weighted by Crippen LogP contribution is 2.06. The quantitative estimate of drug-likeness (QED) is 0.784. The molecule has 0 fully saturated rings. The maximum absolute atomic E-state index is 11.3. The minimum absolute atomic E-state index is 0.266. The lowest BCUT2D eigenvalue weighted by Crippen LogP contribution is -2.32. The van der Waals surface area contributed by atoms with Crippen LogP contribution >= 0.6 is 0 Å². The van der Waals surface area contributed by atoms with Gasteiger partial charge in [-0.15, -0.1) is 0 Å². The number of carbonyl (C=O) groups excluding carboxylic acids is 1. The number of alkyl carbamates (subject to hydrolysis) is 1. The normalized spacial score (nSPS) is 10.9. The van der Waals surface area contributed by atoms with Crippen LogP contribution in [0.1, 0.15) is 26.5 Å². The van der Waals surface area contributed by atoms with Crippen LogP contribution in [0.5, 0.6) is 0 Å². The molecule has 6 nitrogen and oxygen atoms in total. The highest BCUT2D eigenvalue weighted by molar-refractivity contribution is 5.67. The largest absolute Gasteiger partial charge is 0.444 e. The van der Waals surface area contributed by atoms with Crippen LogP contribution in [0.4, 0.5) is 10.6 Å². The van der Waals surface area contributed by atoms with Crippen LogP contribution in [0.3, 0.4) is 0 Å². The van der Waals surface area contributed by atoms with Crippen LogP contribution in [0.25, 0.3) is 0 Å². The van der Waals surface area contributed by atoms with E-state index in [-0.39, 0.29) is 6.54 Å². The number of anilines is 1. The number of hydrogen-bond donors (Lipinski definition) is 2. The molecule has 1 rings (SSSR count). The van der Waals surface area contributed by atoms with Gasteiger partial charge in [-0.1, -0.05) is 0 Å². The lowest BCUT2D eigenvalue weighted by atomic mass is 10.2. The van der Waals surface area contributed by atoms with Crippen LogP contribution in [0.15, 0.2) is 12.4 Å². The van der Waals surface area contributed by atoms with Crippen molar-refractivity contribution >= 4 is 11.9 Å². The summed E-state index contributed by atoms with van der Waals surface area (Å²) in [6.45, 7) is 5.67. The van der Waals surface area contributed by atoms with E-state index in [0.29, 0.717) is 11.5 Å². The molecule has 0 spiro atoms. The second kappa shape index (κ2) is 4.78. The molecule has 1 aromatic rings. The third-order valence-corrected chi connectivity index (χ3v) is 1.54. The zero-order chi connectivity index (χ0) is 12.2. The molecule has 88 valence electrons. The first kappa shape index (κ1) is 12.2. The summed E-state index contributed by atoms with van der Waals surface area (Å²) in [7, 11) is 0. The number of carbonyl (C=O) groups is 1. The first-order chi connectivity index (χ1) is 7.37. The number of nitrogens with zero attached hydrogens (tertiary/aromatic N) is 2. The van der Waals surface area contributed by atoms with Crippen LogP contribution in [0, 0.1) is 0 Å². The second-order valence-corrected chi connectivity index (χ2v) is 4.29. The van der Waals surface area contributed by atoms with Crippen molar-refractivity contribution in [3.05, 3.63) is 18.1 Å². The van der Waals surface area contributed by atoms with E-state index in [1.165, 1.54) is 12.4 Å². The van der Waals surface area contributed by atoms with Gasteiger partial charge < -0.3 is 15.8 Å². The Morgan fingerprint density at radius 2 is 2.12 bits per heavy atom. The van der Waals surface area contributed by atoms with Gasteiger partial charge in [-0.2, -0.15) is 0 Å². The fourth-order valence-corrected chi connectivity index (χ4v) is 0.933. The third kappa shape index (κ3) is 4.59. The minimum atomic E-state index is -0.503. The van der Waals surface area contributed by atoms with Crippen molar-refractivity contribution in [2.75, 3.05) is 5.73 Å². The molecule has 0 saturated heterocycles. The summed E-state index contributed by atoms with van der Waals surface area (Å²) in [5, 5.41) is 2.57. The van der Waals surface area contributed by atoms with Crippen molar-refractivity contribution in [3.8, 4) is 0 Å². The molecule has 0 unspecified atom stereocenters. The molecule has 6 heteroatoms. The number of nitrogens with two attached hydrogens (primary N) is 1. The molecule has 0 aliphatic rings. The SMILES string of the molecule is CC(C)(C)OC(=O)NCc1cnc(N)cn1. The van der Waals surface area contributed by atoms with Crippen molar-refractivity contribution in [2.24, 2.45) is 0 Å². The van der Waals surface area contributed by atoms with Gasteiger partial charge in [0.1, 0.15) is 11.4 Å². The van der Waals surface area contributed by atoms with Gasteiger partial charge in [0.25, 0.3) is 0 Å². The van der Waals surface area contributed by atoms with E-state index in [0.717, 1.165) is 0 Å². The topological polar surface area (TPSA) is 90.1 Å². The smallest absolute Gasteiger partial charge is 0.407 e. The maximum atomic E-state index is 11.3. The predicted molar refractivity (Wildman–Crippen MR) is 59.5 cm³/mol. The molecule has 0 atom stereocenters. The van der Waals surface area contributed by atoms with E-state index in [1.54, 1.807) is 20.8 Å². The van der Waals surface area contributed by atoms with Crippen molar-refractivity contribution in [1.29, 1.82) is 0 Å². The van der Waals surface area contributed by atoms with Gasteiger partial charge >= 0.3 is 6.09 Å². The fraction of sp³-hybridized carbons (Fsp3) is 0.500. The highest BCUT2D eigenvalue weighted by Gasteiger charge is 2.15. The zero-order valence-electron chi connectivity index (χ0n) is 9.65. The Morgan fingerprint density at radius 3 is 2.62 bits per heavy atom. The standard InChI is InChI=1S/C10H16N4O2/c1-10(2,3)16-9(15)14-5-7-4-13-8(11)6-12-7/h4,6H,5H2,1-3H3,(H2,11,13)(H,14,15). The molecule has 1 heterocycles. The summed E-state index contributed by atoms with van der Waals surface area (Å²) >= 11 is 0. The van der Waals surface area contributed by atoms with E-state index >= 15 is 0 Å². The third-order valence-electron chi connectivity index (χ3n) is 1.54. The Morgan fingerprint density at radius 1 is 1.44 bits per heavy atom. The van der Waals surface area contributed by atoms with Crippen molar-refractivity contribution in [3.63, 3.8) is 0 Å². The molecule has 0 aliphatic heterocycles. The number of rotatable bonds is 2. The average Bonchev–Trinajstić information content (AvgIpc) is 2.14. The van der Waals surface area contributed by atoms with E-state index in [1.807, 2.05) is 0 Å². The molecule has 3 N–H and O–H groups in total. The minimum Gasteiger partial charge on any atom is -0.444 e. The van der Waals surface area contributed by atoms with Gasteiger partial charge in [0, 0.05) is 0 Å². The van der Waals surface area contributed by atoms with Crippen LogP contribution in [0.2, 0.25) is 0 Å². The van der Waals surface area contributed by atoms with Crippen LogP contribution < -0.4 is 11.1 Å². The molecule has 0 radical (unpaired) electrons. The Bertz CT molecular complexity index is 356. The van der Waals surface area contributed by atoms with Gasteiger partial charge in [-0.3, -0.25) is 4.98 Å². The monoisotopic (exact) mass is 224 g/mol. The number of ether oxygens (including phenoxy) is 1. The van der Waals surface area contributed by atoms with Gasteiger partial charge in [-0.25, -0.2) is 9.78 Å². The second-order valence-electron chi connectivity index (χ2n) is 4.29. The van der Waals surface area contributed by atoms with Crippen LogP contribution in [-0.4, -0.2) is 21.7 Å². The summed E-state index contributed by atoms with van der Waals surface area (Å²) in [5.74, 6) is 0.348. The van der Waals surface area contributed by atoms with Crippen molar-refractivity contribution in [1.82, 2.24) is 15.3 Å². The molecular weight excluding hydrogens is 208 g/mol. The highest BCUT2D eigenvalue weighted by atomic mass is 16.6. The van der Waals surface area contributed by atoms with Gasteiger partial charge in [0.05, 0.1) is 24.6 Å². The molecule has 1 amide bonds. The van der Waals surface area contributed by atoms with Crippen molar-refractivity contribution in [2.45, 2.75) is 32.9 Å². The first-order valence-electron chi connectivity index (χ1n) is 4.90. The summed E-state index contributed by atoms with van der Waals surface area (Å²) in [4.78, 5) is 19.1. The molecular formula is C10H16N4O2. The summed E-state index contributed by atoms with van der Waals surface area (Å²) in [6.07, 6.45) is 2.46. The Hall–Kier alpha value is -1.85. The number of nitrogens with one attached hydrogen (secondary N) is 1. The Balaban J connectivity index is 2.40. The Kier molecular flexibility index (Phi) is 3.65. The maximum Gasteiger partial charge on any atom is 0.407 e. The van der Waals surface area contributed by atoms with E-state index < -0.39 is 11.7 Å². The van der Waals surface area contributed by atoms with E-state index in [9.17, 15) is 4.79 Å². The summed E-state index contributed by atoms with van der Waals surface area (Å²) < 4.78 is 5.06. The number of amides is 1. The fourth-order valence-electron chi connectivity index (χ4n) is 0.933. The van der Waals surface area contributed by atoms with Gasteiger partial charge in [0.2, 0.25) is 0 Å². The molecule has 0 aromatic carbocycles. The van der Waals surface area contributed by atoms with E-state index in [4.69, 9.17) is 10.5 Å². The molecule has 0 aliphatic carbocycles. The lowest BCUT2D eigenvalue weighted by molar-refractivity contribution is 0.0523. The molecule has 0 bridgehead atoms. The number of aromatic nitrogens is 2. The van der Waals surface area contributed by atoms with Gasteiger partial charge in [0.15, 0.2) is 0 Å². The first-order valence-corrected chi connectivity index (χ1v) is 4.90. The van der Waals surface area contributed by atoms with Gasteiger partial charge in [-0.05, 0) is 20.8 Å². The average molecular weight is 224 g/mol. The van der Waals surface area contributed by atoms with Crippen LogP contribution in [-0.2, 0) is 11.3 Å². The number of hydrogen-bond acceptors (Lipinski definition) is 5. The predicted octanol–water partition coefficient (Wildman–Crippen LogP) is 1.08. The lowest BCUT2D eigenvalue weighted by Gasteiger charge is -2.19. The zero-order valence-corrected chi connectivity index (χ0v) is 9.65.